The molecule has 1 saturated heterocycles. The van der Waals surface area contributed by atoms with Crippen LogP contribution in [0.3, 0.4) is 0 Å². The highest BCUT2D eigenvalue weighted by Crippen LogP contribution is 2.27. The van der Waals surface area contributed by atoms with Crippen molar-refractivity contribution >= 4 is 33.2 Å². The molecule has 32 heavy (non-hydrogen) atoms. The summed E-state index contributed by atoms with van der Waals surface area (Å²) >= 11 is 6.18. The Hall–Kier alpha value is -2.16. The summed E-state index contributed by atoms with van der Waals surface area (Å²) in [5, 5.41) is 0.166. The van der Waals surface area contributed by atoms with Gasteiger partial charge in [-0.1, -0.05) is 32.4 Å². The second-order valence-corrected chi connectivity index (χ2v) is 11.3. The Morgan fingerprint density at radius 1 is 1.06 bits per heavy atom. The van der Waals surface area contributed by atoms with E-state index in [2.05, 4.69) is 30.4 Å². The number of hydrogen-bond donors (Lipinski definition) is 1. The molecule has 0 aromatic heterocycles. The molecule has 1 aliphatic heterocycles. The molecule has 174 valence electrons. The molecule has 6 nitrogen and oxygen atoms in total. The van der Waals surface area contributed by atoms with Crippen molar-refractivity contribution in [2.75, 3.05) is 37.4 Å². The van der Waals surface area contributed by atoms with Crippen molar-refractivity contribution in [3.63, 3.8) is 0 Å². The smallest absolute Gasteiger partial charge is 0.261 e. The molecule has 0 bridgehead atoms. The maximum Gasteiger partial charge on any atom is 0.261 e. The van der Waals surface area contributed by atoms with Crippen LogP contribution in [0.5, 0.6) is 0 Å². The van der Waals surface area contributed by atoms with Crippen LogP contribution in [0.4, 0.5) is 10.1 Å². The van der Waals surface area contributed by atoms with Gasteiger partial charge in [0.05, 0.1) is 15.6 Å². The zero-order valence-corrected chi connectivity index (χ0v) is 20.1. The molecule has 9 heteroatoms. The summed E-state index contributed by atoms with van der Waals surface area (Å²) in [6.45, 7) is 10.5. The van der Waals surface area contributed by atoms with Crippen molar-refractivity contribution in [3.05, 3.63) is 58.9 Å². The lowest BCUT2D eigenvalue weighted by atomic mass is 9.92. The number of amides is 1. The minimum atomic E-state index is -3.98. The molecular weight excluding hydrogens is 453 g/mol. The molecule has 1 N–H and O–H groups in total. The van der Waals surface area contributed by atoms with Crippen LogP contribution < -0.4 is 4.72 Å². The summed E-state index contributed by atoms with van der Waals surface area (Å²) in [6.07, 6.45) is 1.09. The van der Waals surface area contributed by atoms with Gasteiger partial charge in [-0.15, -0.1) is 0 Å². The first kappa shape index (κ1) is 24.5. The van der Waals surface area contributed by atoms with Crippen molar-refractivity contribution in [1.29, 1.82) is 0 Å². The fourth-order valence-electron chi connectivity index (χ4n) is 3.40. The fourth-order valence-corrected chi connectivity index (χ4v) is 4.70. The molecule has 0 radical (unpaired) electrons. The number of piperazine rings is 1. The highest BCUT2D eigenvalue weighted by molar-refractivity contribution is 7.92. The van der Waals surface area contributed by atoms with Crippen molar-refractivity contribution in [2.24, 2.45) is 5.41 Å². The van der Waals surface area contributed by atoms with E-state index in [1.165, 1.54) is 24.3 Å². The number of halogens is 2. The summed E-state index contributed by atoms with van der Waals surface area (Å²) < 4.78 is 40.8. The summed E-state index contributed by atoms with van der Waals surface area (Å²) in [5.74, 6) is -0.701. The summed E-state index contributed by atoms with van der Waals surface area (Å²) in [7, 11) is -3.98. The summed E-state index contributed by atoms with van der Waals surface area (Å²) in [5.41, 5.74) is 0.730. The topological polar surface area (TPSA) is 69.7 Å². The van der Waals surface area contributed by atoms with Crippen molar-refractivity contribution in [3.8, 4) is 0 Å². The van der Waals surface area contributed by atoms with E-state index in [0.717, 1.165) is 38.2 Å². The van der Waals surface area contributed by atoms with E-state index in [-0.39, 0.29) is 26.9 Å². The minimum absolute atomic E-state index is 0.0990. The predicted molar refractivity (Wildman–Crippen MR) is 125 cm³/mol. The number of nitrogens with one attached hydrogen (secondary N) is 1. The number of anilines is 1. The standard InChI is InChI=1S/C23H29ClFN3O3S/c1-23(2,3)10-11-27-12-14-28(15-13-27)22(29)17-4-9-20(24)21(16-17)26-32(30,31)19-7-5-18(25)6-8-19/h4-9,16,26H,10-15H2,1-3H3. The highest BCUT2D eigenvalue weighted by atomic mass is 35.5. The number of carbonyl (C=O) groups is 1. The second kappa shape index (κ2) is 9.77. The third-order valence-electron chi connectivity index (χ3n) is 5.42. The normalized spacial score (nSPS) is 15.6. The maximum atomic E-state index is 13.1. The van der Waals surface area contributed by atoms with Gasteiger partial charge in [0.1, 0.15) is 5.82 Å². The van der Waals surface area contributed by atoms with Gasteiger partial charge in [-0.3, -0.25) is 14.4 Å². The van der Waals surface area contributed by atoms with E-state index >= 15 is 0 Å². The Balaban J connectivity index is 1.68. The van der Waals surface area contributed by atoms with Crippen LogP contribution in [0.15, 0.2) is 47.4 Å². The molecule has 1 heterocycles. The SMILES string of the molecule is CC(C)(C)CCN1CCN(C(=O)c2ccc(Cl)c(NS(=O)(=O)c3ccc(F)cc3)c2)CC1. The number of benzene rings is 2. The number of hydrogen-bond acceptors (Lipinski definition) is 4. The molecule has 0 unspecified atom stereocenters. The summed E-state index contributed by atoms with van der Waals surface area (Å²) in [4.78, 5) is 17.0. The van der Waals surface area contributed by atoms with Gasteiger partial charge in [0.25, 0.3) is 15.9 Å². The Morgan fingerprint density at radius 2 is 1.69 bits per heavy atom. The second-order valence-electron chi connectivity index (χ2n) is 9.20. The third kappa shape index (κ3) is 6.43. The minimum Gasteiger partial charge on any atom is -0.336 e. The molecule has 0 aliphatic carbocycles. The molecule has 0 saturated carbocycles. The number of rotatable bonds is 6. The molecule has 1 amide bonds. The lowest BCUT2D eigenvalue weighted by Gasteiger charge is -2.36. The van der Waals surface area contributed by atoms with Crippen LogP contribution in [0, 0.1) is 11.2 Å². The van der Waals surface area contributed by atoms with Gasteiger partial charge < -0.3 is 4.90 Å². The first-order valence-electron chi connectivity index (χ1n) is 10.5. The van der Waals surface area contributed by atoms with E-state index in [9.17, 15) is 17.6 Å². The Kier molecular flexibility index (Phi) is 7.47. The maximum absolute atomic E-state index is 13.1. The van der Waals surface area contributed by atoms with Gasteiger partial charge in [0, 0.05) is 31.7 Å². The van der Waals surface area contributed by atoms with Gasteiger partial charge in [0.15, 0.2) is 0 Å². The van der Waals surface area contributed by atoms with E-state index in [0.29, 0.717) is 18.7 Å². The van der Waals surface area contributed by atoms with Crippen LogP contribution >= 0.6 is 11.6 Å². The molecule has 3 rings (SSSR count). The van der Waals surface area contributed by atoms with E-state index in [1.807, 2.05) is 0 Å². The average Bonchev–Trinajstić information content (AvgIpc) is 2.73. The zero-order valence-electron chi connectivity index (χ0n) is 18.6. The average molecular weight is 482 g/mol. The first-order chi connectivity index (χ1) is 14.9. The first-order valence-corrected chi connectivity index (χ1v) is 12.4. The summed E-state index contributed by atoms with van der Waals surface area (Å²) in [6, 6.07) is 8.99. The Morgan fingerprint density at radius 3 is 2.28 bits per heavy atom. The lowest BCUT2D eigenvalue weighted by Crippen LogP contribution is -2.49. The molecule has 2 aromatic rings. The monoisotopic (exact) mass is 481 g/mol. The van der Waals surface area contributed by atoms with Crippen LogP contribution in [0.1, 0.15) is 37.6 Å². The van der Waals surface area contributed by atoms with Gasteiger partial charge in [-0.05, 0) is 60.8 Å². The highest BCUT2D eigenvalue weighted by Gasteiger charge is 2.24. The number of nitrogens with zero attached hydrogens (tertiary/aromatic N) is 2. The molecule has 1 fully saturated rings. The lowest BCUT2D eigenvalue weighted by molar-refractivity contribution is 0.0623. The van der Waals surface area contributed by atoms with Gasteiger partial charge in [-0.25, -0.2) is 12.8 Å². The van der Waals surface area contributed by atoms with Crippen LogP contribution in [0.25, 0.3) is 0 Å². The van der Waals surface area contributed by atoms with Crippen molar-refractivity contribution < 1.29 is 17.6 Å². The third-order valence-corrected chi connectivity index (χ3v) is 7.13. The largest absolute Gasteiger partial charge is 0.336 e. The van der Waals surface area contributed by atoms with Crippen molar-refractivity contribution in [1.82, 2.24) is 9.80 Å². The van der Waals surface area contributed by atoms with E-state index < -0.39 is 15.8 Å². The fraction of sp³-hybridized carbons (Fsp3) is 0.435. The molecular formula is C23H29ClFN3O3S. The van der Waals surface area contributed by atoms with E-state index in [1.54, 1.807) is 11.0 Å². The number of sulfonamides is 1. The molecule has 0 spiro atoms. The van der Waals surface area contributed by atoms with Gasteiger partial charge in [-0.2, -0.15) is 0 Å². The van der Waals surface area contributed by atoms with Gasteiger partial charge >= 0.3 is 0 Å². The van der Waals surface area contributed by atoms with Crippen LogP contribution in [-0.4, -0.2) is 56.8 Å². The molecule has 2 aromatic carbocycles. The van der Waals surface area contributed by atoms with Crippen LogP contribution in [-0.2, 0) is 10.0 Å². The number of carbonyl (C=O) groups excluding carboxylic acids is 1. The van der Waals surface area contributed by atoms with Gasteiger partial charge in [0.2, 0.25) is 0 Å². The molecule has 0 atom stereocenters. The quantitative estimate of drug-likeness (QED) is 0.660. The predicted octanol–water partition coefficient (Wildman–Crippen LogP) is 4.47. The Bertz CT molecular complexity index is 1060. The van der Waals surface area contributed by atoms with Crippen LogP contribution in [0.2, 0.25) is 5.02 Å². The zero-order chi connectivity index (χ0) is 23.5. The Labute approximate surface area is 194 Å². The van der Waals surface area contributed by atoms with Crippen molar-refractivity contribution in [2.45, 2.75) is 32.1 Å². The molecule has 1 aliphatic rings. The van der Waals surface area contributed by atoms with E-state index in [4.69, 9.17) is 11.6 Å².